The van der Waals surface area contributed by atoms with E-state index in [1.165, 1.54) is 18.3 Å². The summed E-state index contributed by atoms with van der Waals surface area (Å²) in [5.41, 5.74) is 2.74. The molecule has 0 aliphatic carbocycles. The molecule has 0 aliphatic heterocycles. The van der Waals surface area contributed by atoms with Gasteiger partial charge in [-0.1, -0.05) is 83.4 Å². The Bertz CT molecular complexity index is 1280. The second-order valence-electron chi connectivity index (χ2n) is 8.40. The summed E-state index contributed by atoms with van der Waals surface area (Å²) in [5, 5.41) is 15.8. The Morgan fingerprint density at radius 1 is 1.06 bits per heavy atom. The van der Waals surface area contributed by atoms with Crippen LogP contribution in [0.5, 0.6) is 0 Å². The lowest BCUT2D eigenvalue weighted by molar-refractivity contribution is 0.376. The summed E-state index contributed by atoms with van der Waals surface area (Å²) in [6.07, 6.45) is -1.30. The fourth-order valence-corrected chi connectivity index (χ4v) is 4.95. The Kier molecular flexibility index (Phi) is 6.47. The quantitative estimate of drug-likeness (QED) is 0.254. The van der Waals surface area contributed by atoms with Crippen LogP contribution in [0.15, 0.2) is 46.9 Å². The van der Waals surface area contributed by atoms with E-state index < -0.39 is 6.17 Å². The molecule has 1 unspecified atom stereocenters. The molecule has 0 spiro atoms. The number of aromatic nitrogens is 4. The van der Waals surface area contributed by atoms with E-state index in [0.717, 1.165) is 15.0 Å². The first-order chi connectivity index (χ1) is 15.1. The van der Waals surface area contributed by atoms with Crippen molar-refractivity contribution in [3.63, 3.8) is 0 Å². The van der Waals surface area contributed by atoms with Crippen molar-refractivity contribution in [3.05, 3.63) is 67.6 Å². The zero-order valence-corrected chi connectivity index (χ0v) is 21.7. The van der Waals surface area contributed by atoms with Crippen molar-refractivity contribution in [2.24, 2.45) is 0 Å². The molecule has 0 radical (unpaired) electrons. The molecule has 32 heavy (non-hydrogen) atoms. The molecular formula is C23H20BrCl2FN4S. The first-order valence-corrected chi connectivity index (χ1v) is 12.3. The monoisotopic (exact) mass is 552 g/mol. The Hall–Kier alpha value is -1.80. The summed E-state index contributed by atoms with van der Waals surface area (Å²) in [5.74, 6) is 0. The van der Waals surface area contributed by atoms with E-state index in [4.69, 9.17) is 28.3 Å². The number of hydrogen-bond acceptors (Lipinski definition) is 4. The van der Waals surface area contributed by atoms with E-state index in [2.05, 4.69) is 46.9 Å². The van der Waals surface area contributed by atoms with Crippen molar-refractivity contribution < 1.29 is 4.39 Å². The summed E-state index contributed by atoms with van der Waals surface area (Å²) in [6, 6.07) is 12.8. The molecule has 0 aliphatic rings. The van der Waals surface area contributed by atoms with Crippen LogP contribution in [0.1, 0.15) is 44.4 Å². The van der Waals surface area contributed by atoms with Gasteiger partial charge in [-0.15, -0.1) is 10.2 Å². The molecule has 4 nitrogen and oxygen atoms in total. The molecule has 0 bridgehead atoms. The Labute approximate surface area is 208 Å². The highest BCUT2D eigenvalue weighted by atomic mass is 79.9. The van der Waals surface area contributed by atoms with Gasteiger partial charge in [-0.25, -0.2) is 9.07 Å². The van der Waals surface area contributed by atoms with Gasteiger partial charge in [0.2, 0.25) is 0 Å². The third-order valence-corrected chi connectivity index (χ3v) is 7.27. The lowest BCUT2D eigenvalue weighted by Gasteiger charge is -2.12. The van der Waals surface area contributed by atoms with Gasteiger partial charge >= 0.3 is 0 Å². The first kappa shape index (κ1) is 23.4. The van der Waals surface area contributed by atoms with Crippen LogP contribution in [0.2, 0.25) is 10.0 Å². The van der Waals surface area contributed by atoms with E-state index in [0.29, 0.717) is 37.7 Å². The predicted molar refractivity (Wildman–Crippen MR) is 134 cm³/mol. The maximum absolute atomic E-state index is 15.2. The van der Waals surface area contributed by atoms with Gasteiger partial charge in [0, 0.05) is 26.0 Å². The lowest BCUT2D eigenvalue weighted by atomic mass is 9.98. The zero-order chi connectivity index (χ0) is 23.2. The molecule has 4 rings (SSSR count). The summed E-state index contributed by atoms with van der Waals surface area (Å²) in [7, 11) is 0. The highest BCUT2D eigenvalue weighted by Crippen LogP contribution is 2.42. The number of hydrogen-bond donors (Lipinski definition) is 0. The third-order valence-electron chi connectivity index (χ3n) is 4.84. The predicted octanol–water partition coefficient (Wildman–Crippen LogP) is 8.46. The minimum Gasteiger partial charge on any atom is -0.242 e. The Morgan fingerprint density at radius 3 is 2.31 bits per heavy atom. The average Bonchev–Trinajstić information content (AvgIpc) is 3.33. The van der Waals surface area contributed by atoms with E-state index in [9.17, 15) is 0 Å². The van der Waals surface area contributed by atoms with Crippen molar-refractivity contribution in [3.8, 4) is 27.6 Å². The van der Waals surface area contributed by atoms with E-state index in [1.54, 1.807) is 22.9 Å². The number of nitrogens with zero attached hydrogens (tertiary/aromatic N) is 4. The highest BCUT2D eigenvalue weighted by molar-refractivity contribution is 9.10. The van der Waals surface area contributed by atoms with Crippen LogP contribution < -0.4 is 0 Å². The number of alkyl halides is 1. The van der Waals surface area contributed by atoms with Crippen LogP contribution in [0.4, 0.5) is 4.39 Å². The van der Waals surface area contributed by atoms with Gasteiger partial charge in [0.25, 0.3) is 0 Å². The van der Waals surface area contributed by atoms with E-state index >= 15 is 4.39 Å². The van der Waals surface area contributed by atoms with Crippen LogP contribution in [0.25, 0.3) is 27.6 Å². The van der Waals surface area contributed by atoms with Gasteiger partial charge in [0.1, 0.15) is 16.9 Å². The van der Waals surface area contributed by atoms with Crippen molar-refractivity contribution in [2.45, 2.75) is 39.3 Å². The average molecular weight is 554 g/mol. The summed E-state index contributed by atoms with van der Waals surface area (Å²) < 4.78 is 17.8. The minimum absolute atomic E-state index is 0.173. The largest absolute Gasteiger partial charge is 0.242 e. The van der Waals surface area contributed by atoms with E-state index in [-0.39, 0.29) is 5.41 Å². The maximum atomic E-state index is 15.2. The summed E-state index contributed by atoms with van der Waals surface area (Å²) in [4.78, 5) is 0. The molecule has 2 aromatic carbocycles. The van der Waals surface area contributed by atoms with Gasteiger partial charge in [-0.3, -0.25) is 0 Å². The van der Waals surface area contributed by atoms with Crippen LogP contribution in [0.3, 0.4) is 0 Å². The molecule has 0 fully saturated rings. The third kappa shape index (κ3) is 4.49. The fraction of sp³-hybridized carbons (Fsp3) is 0.261. The number of benzene rings is 2. The minimum atomic E-state index is -1.30. The number of rotatable bonds is 4. The molecule has 2 aromatic heterocycles. The van der Waals surface area contributed by atoms with Gasteiger partial charge in [0.15, 0.2) is 5.01 Å². The maximum Gasteiger partial charge on any atom is 0.168 e. The topological polar surface area (TPSA) is 43.6 Å². The fourth-order valence-electron chi connectivity index (χ4n) is 3.30. The molecule has 9 heteroatoms. The molecule has 0 amide bonds. The zero-order valence-electron chi connectivity index (χ0n) is 17.8. The highest BCUT2D eigenvalue weighted by Gasteiger charge is 2.29. The number of halogens is 4. The molecule has 4 aromatic rings. The molecule has 0 saturated carbocycles. The standard InChI is InChI=1S/C23H20BrCl2FN4S/c1-12(27)18-19(21-28-29-22(32-21)23(2,3)4)30-31(17-10-9-15(25)11-16(17)26)20(18)13-5-7-14(24)8-6-13/h5-12H,1-4H3. The first-order valence-electron chi connectivity index (χ1n) is 9.89. The SMILES string of the molecule is CC(F)c1c(-c2nnc(C(C)(C)C)s2)nn(-c2ccc(Cl)cc2Cl)c1-c1ccc(Br)cc1. The molecule has 0 saturated heterocycles. The van der Waals surface area contributed by atoms with Gasteiger partial charge in [-0.05, 0) is 37.3 Å². The van der Waals surface area contributed by atoms with Crippen molar-refractivity contribution >= 4 is 50.5 Å². The van der Waals surface area contributed by atoms with Crippen LogP contribution in [-0.4, -0.2) is 20.0 Å². The second-order valence-corrected chi connectivity index (χ2v) is 11.1. The van der Waals surface area contributed by atoms with Crippen molar-refractivity contribution in [1.29, 1.82) is 0 Å². The summed E-state index contributed by atoms with van der Waals surface area (Å²) >= 11 is 17.5. The molecule has 166 valence electrons. The second kappa shape index (κ2) is 8.86. The molecule has 0 N–H and O–H groups in total. The Morgan fingerprint density at radius 2 is 1.75 bits per heavy atom. The smallest absolute Gasteiger partial charge is 0.168 e. The molecule has 2 heterocycles. The normalized spacial score (nSPS) is 12.9. The van der Waals surface area contributed by atoms with Crippen molar-refractivity contribution in [2.75, 3.05) is 0 Å². The van der Waals surface area contributed by atoms with E-state index in [1.807, 2.05) is 24.3 Å². The van der Waals surface area contributed by atoms with Gasteiger partial charge < -0.3 is 0 Å². The Balaban J connectivity index is 2.03. The van der Waals surface area contributed by atoms with Crippen LogP contribution in [0, 0.1) is 0 Å². The lowest BCUT2D eigenvalue weighted by Crippen LogP contribution is -2.10. The van der Waals surface area contributed by atoms with Crippen LogP contribution >= 0.6 is 50.5 Å². The summed E-state index contributed by atoms with van der Waals surface area (Å²) in [6.45, 7) is 7.70. The molecular weight excluding hydrogens is 534 g/mol. The molecule has 1 atom stereocenters. The van der Waals surface area contributed by atoms with Gasteiger partial charge in [0.05, 0.1) is 16.4 Å². The van der Waals surface area contributed by atoms with Crippen LogP contribution in [-0.2, 0) is 5.41 Å². The van der Waals surface area contributed by atoms with Gasteiger partial charge in [-0.2, -0.15) is 5.10 Å². The van der Waals surface area contributed by atoms with Crippen molar-refractivity contribution in [1.82, 2.24) is 20.0 Å².